The second kappa shape index (κ2) is 6.59. The van der Waals surface area contributed by atoms with Gasteiger partial charge in [0, 0.05) is 31.4 Å². The summed E-state index contributed by atoms with van der Waals surface area (Å²) in [5.74, 6) is 0.544. The van der Waals surface area contributed by atoms with E-state index in [-0.39, 0.29) is 11.8 Å². The number of carbonyl (C=O) groups excluding carboxylic acids is 2. The molecule has 2 heterocycles. The number of fused-ring (bicyclic) bond motifs is 1. The molecule has 2 amide bonds. The number of amides is 2. The van der Waals surface area contributed by atoms with Gasteiger partial charge in [-0.2, -0.15) is 5.10 Å². The number of rotatable bonds is 4. The van der Waals surface area contributed by atoms with Crippen LogP contribution in [0.3, 0.4) is 0 Å². The van der Waals surface area contributed by atoms with Gasteiger partial charge in [-0.05, 0) is 24.5 Å². The van der Waals surface area contributed by atoms with Crippen LogP contribution in [0.15, 0.2) is 36.5 Å². The van der Waals surface area contributed by atoms with Crippen LogP contribution in [0.25, 0.3) is 0 Å². The third kappa shape index (κ3) is 3.00. The van der Waals surface area contributed by atoms with Gasteiger partial charge in [0.05, 0.1) is 12.0 Å². The number of nitrogens with one attached hydrogen (secondary N) is 1. The standard InChI is InChI=1S/C20H24N4O2/c1-23-12-9-17(22-23)21-18(25)13-20(10-5-2-6-11-20)24-14-15-7-3-4-8-16(15)19(24)26/h3-4,7-9,12H,2,5-6,10-11,13-14H2,1H3,(H,21,22,25). The third-order valence-corrected chi connectivity index (χ3v) is 5.65. The van der Waals surface area contributed by atoms with Gasteiger partial charge >= 0.3 is 0 Å². The summed E-state index contributed by atoms with van der Waals surface area (Å²) < 4.78 is 1.66. The summed E-state index contributed by atoms with van der Waals surface area (Å²) in [6, 6.07) is 9.56. The van der Waals surface area contributed by atoms with E-state index in [1.165, 1.54) is 6.42 Å². The van der Waals surface area contributed by atoms with Crippen molar-refractivity contribution in [2.75, 3.05) is 5.32 Å². The Morgan fingerprint density at radius 1 is 1.19 bits per heavy atom. The highest BCUT2D eigenvalue weighted by Crippen LogP contribution is 2.41. The molecule has 1 saturated carbocycles. The molecule has 2 aromatic rings. The number of anilines is 1. The molecule has 1 aromatic heterocycles. The molecule has 26 heavy (non-hydrogen) atoms. The summed E-state index contributed by atoms with van der Waals surface area (Å²) in [7, 11) is 1.82. The summed E-state index contributed by atoms with van der Waals surface area (Å²) in [5.41, 5.74) is 1.45. The van der Waals surface area contributed by atoms with Crippen molar-refractivity contribution in [1.82, 2.24) is 14.7 Å². The number of aryl methyl sites for hydroxylation is 1. The molecular weight excluding hydrogens is 328 g/mol. The van der Waals surface area contributed by atoms with Crippen molar-refractivity contribution in [3.05, 3.63) is 47.7 Å². The maximum atomic E-state index is 13.0. The monoisotopic (exact) mass is 352 g/mol. The van der Waals surface area contributed by atoms with Crippen molar-refractivity contribution < 1.29 is 9.59 Å². The highest BCUT2D eigenvalue weighted by Gasteiger charge is 2.45. The Balaban J connectivity index is 1.56. The van der Waals surface area contributed by atoms with E-state index < -0.39 is 5.54 Å². The zero-order valence-electron chi connectivity index (χ0n) is 15.1. The highest BCUT2D eigenvalue weighted by atomic mass is 16.2. The lowest BCUT2D eigenvalue weighted by molar-refractivity contribution is -0.119. The van der Waals surface area contributed by atoms with Gasteiger partial charge in [0.25, 0.3) is 5.91 Å². The number of aromatic nitrogens is 2. The minimum absolute atomic E-state index is 0.0631. The van der Waals surface area contributed by atoms with Gasteiger partial charge in [0.1, 0.15) is 0 Å². The minimum Gasteiger partial charge on any atom is -0.328 e. The summed E-state index contributed by atoms with van der Waals surface area (Å²) in [6.45, 7) is 0.603. The fourth-order valence-electron chi connectivity index (χ4n) is 4.36. The Bertz CT molecular complexity index is 836. The molecule has 0 atom stereocenters. The number of benzene rings is 1. The van der Waals surface area contributed by atoms with Crippen LogP contribution in [-0.2, 0) is 18.4 Å². The second-order valence-corrected chi connectivity index (χ2v) is 7.43. The molecule has 6 nitrogen and oxygen atoms in total. The van der Waals surface area contributed by atoms with Crippen LogP contribution in [0.2, 0.25) is 0 Å². The Morgan fingerprint density at radius 3 is 2.65 bits per heavy atom. The van der Waals surface area contributed by atoms with E-state index in [9.17, 15) is 9.59 Å². The van der Waals surface area contributed by atoms with E-state index in [2.05, 4.69) is 10.4 Å². The fourth-order valence-corrected chi connectivity index (χ4v) is 4.36. The molecule has 0 spiro atoms. The van der Waals surface area contributed by atoms with E-state index in [4.69, 9.17) is 0 Å². The minimum atomic E-state index is -0.396. The van der Waals surface area contributed by atoms with Crippen LogP contribution in [0.4, 0.5) is 5.82 Å². The van der Waals surface area contributed by atoms with Crippen LogP contribution < -0.4 is 5.32 Å². The molecule has 0 unspecified atom stereocenters. The number of nitrogens with zero attached hydrogens (tertiary/aromatic N) is 3. The molecule has 1 aromatic carbocycles. The maximum Gasteiger partial charge on any atom is 0.254 e. The van der Waals surface area contributed by atoms with Gasteiger partial charge in [-0.15, -0.1) is 0 Å². The smallest absolute Gasteiger partial charge is 0.254 e. The number of hydrogen-bond acceptors (Lipinski definition) is 3. The molecule has 1 aliphatic heterocycles. The molecule has 1 aliphatic carbocycles. The molecule has 0 saturated heterocycles. The predicted octanol–water partition coefficient (Wildman–Crippen LogP) is 3.11. The van der Waals surface area contributed by atoms with Crippen molar-refractivity contribution in [3.8, 4) is 0 Å². The Hall–Kier alpha value is -2.63. The summed E-state index contributed by atoms with van der Waals surface area (Å²) in [5, 5.41) is 7.10. The molecule has 1 N–H and O–H groups in total. The number of carbonyl (C=O) groups is 2. The molecular formula is C20H24N4O2. The third-order valence-electron chi connectivity index (χ3n) is 5.65. The first-order chi connectivity index (χ1) is 12.6. The number of hydrogen-bond donors (Lipinski definition) is 1. The zero-order valence-corrected chi connectivity index (χ0v) is 15.1. The first-order valence-corrected chi connectivity index (χ1v) is 9.27. The second-order valence-electron chi connectivity index (χ2n) is 7.43. The van der Waals surface area contributed by atoms with Crippen LogP contribution in [0, 0.1) is 0 Å². The van der Waals surface area contributed by atoms with E-state index in [0.29, 0.717) is 18.8 Å². The van der Waals surface area contributed by atoms with E-state index in [1.54, 1.807) is 16.9 Å². The van der Waals surface area contributed by atoms with Crippen molar-refractivity contribution in [1.29, 1.82) is 0 Å². The SMILES string of the molecule is Cn1ccc(NC(=O)CC2(N3Cc4ccccc4C3=O)CCCCC2)n1. The molecule has 6 heteroatoms. The summed E-state index contributed by atoms with van der Waals surface area (Å²) >= 11 is 0. The zero-order chi connectivity index (χ0) is 18.1. The molecule has 0 bridgehead atoms. The predicted molar refractivity (Wildman–Crippen MR) is 98.6 cm³/mol. The van der Waals surface area contributed by atoms with E-state index in [0.717, 1.165) is 36.8 Å². The first-order valence-electron chi connectivity index (χ1n) is 9.27. The van der Waals surface area contributed by atoms with Gasteiger partial charge in [0.2, 0.25) is 5.91 Å². The van der Waals surface area contributed by atoms with Gasteiger partial charge in [-0.3, -0.25) is 14.3 Å². The van der Waals surface area contributed by atoms with Gasteiger partial charge in [-0.1, -0.05) is 37.5 Å². The fraction of sp³-hybridized carbons (Fsp3) is 0.450. The average molecular weight is 352 g/mol. The van der Waals surface area contributed by atoms with Gasteiger partial charge < -0.3 is 10.2 Å². The van der Waals surface area contributed by atoms with Crippen molar-refractivity contribution in [3.63, 3.8) is 0 Å². The summed E-state index contributed by atoms with van der Waals surface area (Å²) in [4.78, 5) is 27.7. The lowest BCUT2D eigenvalue weighted by Gasteiger charge is -2.44. The average Bonchev–Trinajstić information content (AvgIpc) is 3.19. The summed E-state index contributed by atoms with van der Waals surface area (Å²) in [6.07, 6.45) is 7.15. The van der Waals surface area contributed by atoms with Gasteiger partial charge in [0.15, 0.2) is 5.82 Å². The molecule has 136 valence electrons. The molecule has 0 radical (unpaired) electrons. The van der Waals surface area contributed by atoms with Crippen LogP contribution >= 0.6 is 0 Å². The van der Waals surface area contributed by atoms with E-state index >= 15 is 0 Å². The van der Waals surface area contributed by atoms with E-state index in [1.807, 2.05) is 36.2 Å². The molecule has 2 aliphatic rings. The van der Waals surface area contributed by atoms with Crippen LogP contribution in [0.1, 0.15) is 54.4 Å². The largest absolute Gasteiger partial charge is 0.328 e. The normalized spacial score (nSPS) is 18.7. The Kier molecular flexibility index (Phi) is 4.26. The van der Waals surface area contributed by atoms with Crippen molar-refractivity contribution in [2.24, 2.45) is 7.05 Å². The van der Waals surface area contributed by atoms with Crippen molar-refractivity contribution in [2.45, 2.75) is 50.6 Å². The maximum absolute atomic E-state index is 13.0. The van der Waals surface area contributed by atoms with Crippen molar-refractivity contribution >= 4 is 17.6 Å². The lowest BCUT2D eigenvalue weighted by atomic mass is 9.77. The highest BCUT2D eigenvalue weighted by molar-refractivity contribution is 5.99. The molecule has 1 fully saturated rings. The lowest BCUT2D eigenvalue weighted by Crippen LogP contribution is -2.52. The van der Waals surface area contributed by atoms with Crippen LogP contribution in [-0.4, -0.2) is 32.0 Å². The Labute approximate surface area is 153 Å². The van der Waals surface area contributed by atoms with Gasteiger partial charge in [-0.25, -0.2) is 0 Å². The first kappa shape index (κ1) is 16.8. The quantitative estimate of drug-likeness (QED) is 0.919. The molecule has 4 rings (SSSR count). The van der Waals surface area contributed by atoms with Crippen LogP contribution in [0.5, 0.6) is 0 Å². The topological polar surface area (TPSA) is 67.2 Å². The Morgan fingerprint density at radius 2 is 1.96 bits per heavy atom.